The van der Waals surface area contributed by atoms with E-state index in [0.29, 0.717) is 0 Å². The minimum atomic E-state index is -0.0659. The number of ether oxygens (including phenoxy) is 2. The van der Waals surface area contributed by atoms with Gasteiger partial charge in [-0.15, -0.1) is 0 Å². The molecule has 1 aliphatic rings. The molecule has 0 saturated carbocycles. The molecule has 0 aliphatic heterocycles. The second-order valence-corrected chi connectivity index (χ2v) is 4.81. The molecule has 0 N–H and O–H groups in total. The van der Waals surface area contributed by atoms with Crippen LogP contribution in [-0.2, 0) is 9.47 Å². The number of allylic oxidation sites excluding steroid dienone is 1. The van der Waals surface area contributed by atoms with E-state index in [9.17, 15) is 0 Å². The average molecular weight is 184 g/mol. The zero-order valence-electron chi connectivity index (χ0n) is 9.31. The van der Waals surface area contributed by atoms with Crippen LogP contribution >= 0.6 is 0 Å². The predicted octanol–water partition coefficient (Wildman–Crippen LogP) is 2.74. The van der Waals surface area contributed by atoms with E-state index in [4.69, 9.17) is 9.47 Å². The van der Waals surface area contributed by atoms with Gasteiger partial charge in [-0.05, 0) is 24.8 Å². The lowest BCUT2D eigenvalue weighted by molar-refractivity contribution is -0.0380. The number of hydrogen-bond donors (Lipinski definition) is 0. The zero-order valence-corrected chi connectivity index (χ0v) is 9.31. The molecule has 0 aromatic heterocycles. The van der Waals surface area contributed by atoms with Crippen LogP contribution in [0.15, 0.2) is 11.8 Å². The Kier molecular flexibility index (Phi) is 2.71. The van der Waals surface area contributed by atoms with Gasteiger partial charge in [-0.3, -0.25) is 0 Å². The SMILES string of the molecule is COC1=CC(C)(C)CC(C)(OC)C1. The Morgan fingerprint density at radius 1 is 1.23 bits per heavy atom. The Balaban J connectivity index is 2.88. The highest BCUT2D eigenvalue weighted by molar-refractivity contribution is 5.12. The standard InChI is InChI=1S/C11H20O2/c1-10(2)6-9(12-4)7-11(3,8-10)13-5/h6H,7-8H2,1-5H3. The second-order valence-electron chi connectivity index (χ2n) is 4.81. The summed E-state index contributed by atoms with van der Waals surface area (Å²) in [5.74, 6) is 1.04. The molecular weight excluding hydrogens is 164 g/mol. The van der Waals surface area contributed by atoms with Gasteiger partial charge in [0.05, 0.1) is 18.5 Å². The van der Waals surface area contributed by atoms with Gasteiger partial charge in [0.25, 0.3) is 0 Å². The average Bonchev–Trinajstić information content (AvgIpc) is 2.01. The van der Waals surface area contributed by atoms with E-state index in [1.165, 1.54) is 0 Å². The first-order valence-electron chi connectivity index (χ1n) is 4.72. The summed E-state index contributed by atoms with van der Waals surface area (Å²) in [5.41, 5.74) is 0.109. The van der Waals surface area contributed by atoms with Crippen molar-refractivity contribution in [3.05, 3.63) is 11.8 Å². The van der Waals surface area contributed by atoms with E-state index in [1.807, 2.05) is 0 Å². The maximum Gasteiger partial charge on any atom is 0.0949 e. The summed E-state index contributed by atoms with van der Waals surface area (Å²) < 4.78 is 10.8. The normalized spacial score (nSPS) is 32.5. The summed E-state index contributed by atoms with van der Waals surface area (Å²) in [6.07, 6.45) is 4.13. The van der Waals surface area contributed by atoms with E-state index >= 15 is 0 Å². The molecule has 0 aromatic carbocycles. The van der Waals surface area contributed by atoms with Gasteiger partial charge in [0, 0.05) is 13.5 Å². The summed E-state index contributed by atoms with van der Waals surface area (Å²) in [6.45, 7) is 6.56. The summed E-state index contributed by atoms with van der Waals surface area (Å²) in [7, 11) is 3.50. The fourth-order valence-electron chi connectivity index (χ4n) is 2.21. The highest BCUT2D eigenvalue weighted by atomic mass is 16.5. The smallest absolute Gasteiger partial charge is 0.0949 e. The van der Waals surface area contributed by atoms with Gasteiger partial charge in [0.2, 0.25) is 0 Å². The van der Waals surface area contributed by atoms with E-state index in [1.54, 1.807) is 14.2 Å². The molecule has 0 fully saturated rings. The van der Waals surface area contributed by atoms with Crippen LogP contribution in [0.3, 0.4) is 0 Å². The topological polar surface area (TPSA) is 18.5 Å². The van der Waals surface area contributed by atoms with Crippen molar-refractivity contribution in [2.45, 2.75) is 39.2 Å². The lowest BCUT2D eigenvalue weighted by atomic mass is 9.74. The molecule has 76 valence electrons. The van der Waals surface area contributed by atoms with E-state index < -0.39 is 0 Å². The van der Waals surface area contributed by atoms with Crippen LogP contribution in [0.5, 0.6) is 0 Å². The van der Waals surface area contributed by atoms with Gasteiger partial charge in [-0.25, -0.2) is 0 Å². The van der Waals surface area contributed by atoms with Crippen LogP contribution in [0, 0.1) is 5.41 Å². The molecule has 0 spiro atoms. The van der Waals surface area contributed by atoms with Gasteiger partial charge in [-0.1, -0.05) is 13.8 Å². The lowest BCUT2D eigenvalue weighted by Gasteiger charge is -2.39. The van der Waals surface area contributed by atoms with Gasteiger partial charge in [-0.2, -0.15) is 0 Å². The molecule has 0 heterocycles. The van der Waals surface area contributed by atoms with Gasteiger partial charge in [0.1, 0.15) is 0 Å². The van der Waals surface area contributed by atoms with Gasteiger partial charge >= 0.3 is 0 Å². The summed E-state index contributed by atoms with van der Waals surface area (Å²) >= 11 is 0. The third-order valence-electron chi connectivity index (χ3n) is 2.68. The maximum atomic E-state index is 5.53. The van der Waals surface area contributed by atoms with Crippen LogP contribution in [0.2, 0.25) is 0 Å². The molecule has 0 saturated heterocycles. The third-order valence-corrected chi connectivity index (χ3v) is 2.68. The molecule has 1 atom stereocenters. The molecule has 13 heavy (non-hydrogen) atoms. The van der Waals surface area contributed by atoms with Crippen LogP contribution in [0.1, 0.15) is 33.6 Å². The summed E-state index contributed by atoms with van der Waals surface area (Å²) in [5, 5.41) is 0. The Hall–Kier alpha value is -0.500. The largest absolute Gasteiger partial charge is 0.501 e. The first-order chi connectivity index (χ1) is 5.91. The molecule has 2 heteroatoms. The van der Waals surface area contributed by atoms with Crippen molar-refractivity contribution in [2.75, 3.05) is 14.2 Å². The van der Waals surface area contributed by atoms with E-state index in [0.717, 1.165) is 18.6 Å². The first-order valence-corrected chi connectivity index (χ1v) is 4.72. The zero-order chi connectivity index (χ0) is 10.1. The molecule has 0 radical (unpaired) electrons. The Morgan fingerprint density at radius 2 is 1.85 bits per heavy atom. The van der Waals surface area contributed by atoms with Crippen LogP contribution in [-0.4, -0.2) is 19.8 Å². The van der Waals surface area contributed by atoms with Crippen molar-refractivity contribution < 1.29 is 9.47 Å². The highest BCUT2D eigenvalue weighted by Gasteiger charge is 2.37. The van der Waals surface area contributed by atoms with Crippen LogP contribution < -0.4 is 0 Å². The number of hydrogen-bond acceptors (Lipinski definition) is 2. The van der Waals surface area contributed by atoms with E-state index in [2.05, 4.69) is 26.8 Å². The molecule has 1 unspecified atom stereocenters. The van der Waals surface area contributed by atoms with Gasteiger partial charge < -0.3 is 9.47 Å². The molecule has 0 bridgehead atoms. The Labute approximate surface area is 80.9 Å². The molecule has 1 aliphatic carbocycles. The quantitative estimate of drug-likeness (QED) is 0.657. The maximum absolute atomic E-state index is 5.53. The summed E-state index contributed by atoms with van der Waals surface area (Å²) in [4.78, 5) is 0. The third kappa shape index (κ3) is 2.47. The monoisotopic (exact) mass is 184 g/mol. The number of methoxy groups -OCH3 is 2. The Morgan fingerprint density at radius 3 is 2.31 bits per heavy atom. The molecule has 0 aromatic rings. The predicted molar refractivity (Wildman–Crippen MR) is 53.5 cm³/mol. The highest BCUT2D eigenvalue weighted by Crippen LogP contribution is 2.41. The van der Waals surface area contributed by atoms with Crippen molar-refractivity contribution in [3.63, 3.8) is 0 Å². The summed E-state index contributed by atoms with van der Waals surface area (Å²) in [6, 6.07) is 0. The minimum Gasteiger partial charge on any atom is -0.501 e. The fraction of sp³-hybridized carbons (Fsp3) is 0.818. The lowest BCUT2D eigenvalue weighted by Crippen LogP contribution is -2.37. The molecule has 0 amide bonds. The minimum absolute atomic E-state index is 0.0659. The molecular formula is C11H20O2. The van der Waals surface area contributed by atoms with Crippen molar-refractivity contribution in [3.8, 4) is 0 Å². The molecule has 1 rings (SSSR count). The van der Waals surface area contributed by atoms with Crippen molar-refractivity contribution >= 4 is 0 Å². The Bertz CT molecular complexity index is 218. The van der Waals surface area contributed by atoms with Crippen LogP contribution in [0.25, 0.3) is 0 Å². The van der Waals surface area contributed by atoms with Crippen molar-refractivity contribution in [1.29, 1.82) is 0 Å². The van der Waals surface area contributed by atoms with E-state index in [-0.39, 0.29) is 11.0 Å². The van der Waals surface area contributed by atoms with Crippen LogP contribution in [0.4, 0.5) is 0 Å². The fourth-order valence-corrected chi connectivity index (χ4v) is 2.21. The van der Waals surface area contributed by atoms with Crippen molar-refractivity contribution in [2.24, 2.45) is 5.41 Å². The molecule has 2 nitrogen and oxygen atoms in total. The second kappa shape index (κ2) is 3.33. The first kappa shape index (κ1) is 10.6. The number of rotatable bonds is 2. The van der Waals surface area contributed by atoms with Crippen molar-refractivity contribution in [1.82, 2.24) is 0 Å². The van der Waals surface area contributed by atoms with Gasteiger partial charge in [0.15, 0.2) is 0 Å².